The fourth-order valence-electron chi connectivity index (χ4n) is 2.45. The molecule has 19 heavy (non-hydrogen) atoms. The Morgan fingerprint density at radius 2 is 2.00 bits per heavy atom. The molecule has 0 heterocycles. The summed E-state index contributed by atoms with van der Waals surface area (Å²) in [7, 11) is 1.76. The lowest BCUT2D eigenvalue weighted by molar-refractivity contribution is 0.405. The van der Waals surface area contributed by atoms with Crippen LogP contribution in [0.5, 0.6) is 5.75 Å². The Morgan fingerprint density at radius 1 is 1.32 bits per heavy atom. The third-order valence-corrected chi connectivity index (χ3v) is 3.77. The van der Waals surface area contributed by atoms with Gasteiger partial charge in [-0.2, -0.15) is 0 Å². The van der Waals surface area contributed by atoms with Crippen molar-refractivity contribution < 1.29 is 4.74 Å². The summed E-state index contributed by atoms with van der Waals surface area (Å²) >= 11 is 0. The van der Waals surface area contributed by atoms with E-state index in [9.17, 15) is 0 Å². The van der Waals surface area contributed by atoms with Gasteiger partial charge in [-0.3, -0.25) is 0 Å². The van der Waals surface area contributed by atoms with Gasteiger partial charge >= 0.3 is 0 Å². The predicted molar refractivity (Wildman–Crippen MR) is 81.0 cm³/mol. The SMILES string of the molecule is COc1ccc(C(C)(C)C)cc1CC(C)NC1CC1. The molecule has 1 atom stereocenters. The minimum Gasteiger partial charge on any atom is -0.496 e. The summed E-state index contributed by atoms with van der Waals surface area (Å²) in [6.45, 7) is 9.03. The van der Waals surface area contributed by atoms with Gasteiger partial charge < -0.3 is 10.1 Å². The van der Waals surface area contributed by atoms with E-state index >= 15 is 0 Å². The minimum absolute atomic E-state index is 0.189. The van der Waals surface area contributed by atoms with Crippen molar-refractivity contribution in [1.29, 1.82) is 0 Å². The maximum absolute atomic E-state index is 5.51. The van der Waals surface area contributed by atoms with E-state index in [1.54, 1.807) is 7.11 Å². The summed E-state index contributed by atoms with van der Waals surface area (Å²) in [6.07, 6.45) is 3.70. The monoisotopic (exact) mass is 261 g/mol. The zero-order chi connectivity index (χ0) is 14.0. The van der Waals surface area contributed by atoms with Gasteiger partial charge in [-0.25, -0.2) is 0 Å². The smallest absolute Gasteiger partial charge is 0.122 e. The van der Waals surface area contributed by atoms with E-state index in [0.29, 0.717) is 6.04 Å². The molecule has 1 saturated carbocycles. The number of nitrogens with one attached hydrogen (secondary N) is 1. The van der Waals surface area contributed by atoms with Gasteiger partial charge in [-0.15, -0.1) is 0 Å². The molecule has 1 aromatic carbocycles. The minimum atomic E-state index is 0.189. The predicted octanol–water partition coefficient (Wildman–Crippen LogP) is 3.68. The average molecular weight is 261 g/mol. The second kappa shape index (κ2) is 5.54. The standard InChI is InChI=1S/C17H27NO/c1-12(18-15-7-8-15)10-13-11-14(17(2,3)4)6-9-16(13)19-5/h6,9,11-12,15,18H,7-8,10H2,1-5H3. The molecule has 1 fully saturated rings. The van der Waals surface area contributed by atoms with Gasteiger partial charge in [0.1, 0.15) is 5.75 Å². The topological polar surface area (TPSA) is 21.3 Å². The van der Waals surface area contributed by atoms with Crippen LogP contribution in [0.4, 0.5) is 0 Å². The second-order valence-corrected chi connectivity index (χ2v) is 6.82. The number of benzene rings is 1. The van der Waals surface area contributed by atoms with Crippen LogP contribution in [-0.2, 0) is 11.8 Å². The number of hydrogen-bond donors (Lipinski definition) is 1. The van der Waals surface area contributed by atoms with Crippen molar-refractivity contribution in [3.8, 4) is 5.75 Å². The average Bonchev–Trinajstić information content (AvgIpc) is 3.11. The van der Waals surface area contributed by atoms with Crippen molar-refractivity contribution in [2.75, 3.05) is 7.11 Å². The molecule has 0 radical (unpaired) electrons. The molecular formula is C17H27NO. The molecule has 2 nitrogen and oxygen atoms in total. The van der Waals surface area contributed by atoms with E-state index in [-0.39, 0.29) is 5.41 Å². The number of methoxy groups -OCH3 is 1. The molecule has 0 aromatic heterocycles. The molecular weight excluding hydrogens is 234 g/mol. The Labute approximate surface area is 117 Å². The Balaban J connectivity index is 2.15. The Morgan fingerprint density at radius 3 is 2.53 bits per heavy atom. The molecule has 1 N–H and O–H groups in total. The maximum Gasteiger partial charge on any atom is 0.122 e. The van der Waals surface area contributed by atoms with E-state index < -0.39 is 0 Å². The van der Waals surface area contributed by atoms with Crippen LogP contribution in [0.3, 0.4) is 0 Å². The lowest BCUT2D eigenvalue weighted by Gasteiger charge is -2.22. The van der Waals surface area contributed by atoms with E-state index in [1.165, 1.54) is 24.0 Å². The third kappa shape index (κ3) is 3.97. The molecule has 2 rings (SSSR count). The van der Waals surface area contributed by atoms with Gasteiger partial charge in [0.05, 0.1) is 7.11 Å². The lowest BCUT2D eigenvalue weighted by Crippen LogP contribution is -2.30. The van der Waals surface area contributed by atoms with Crippen LogP contribution in [-0.4, -0.2) is 19.2 Å². The van der Waals surface area contributed by atoms with Crippen molar-refractivity contribution in [3.05, 3.63) is 29.3 Å². The maximum atomic E-state index is 5.51. The van der Waals surface area contributed by atoms with Crippen molar-refractivity contribution in [2.45, 2.75) is 64.5 Å². The van der Waals surface area contributed by atoms with Gasteiger partial charge in [-0.05, 0) is 48.8 Å². The first-order chi connectivity index (χ1) is 8.90. The first-order valence-corrected chi connectivity index (χ1v) is 7.33. The second-order valence-electron chi connectivity index (χ2n) is 6.82. The van der Waals surface area contributed by atoms with Crippen LogP contribution in [0.15, 0.2) is 18.2 Å². The normalized spacial score (nSPS) is 17.3. The van der Waals surface area contributed by atoms with Gasteiger partial charge in [-0.1, -0.05) is 32.9 Å². The van der Waals surface area contributed by atoms with E-state index in [0.717, 1.165) is 18.2 Å². The zero-order valence-corrected chi connectivity index (χ0v) is 12.9. The number of rotatable bonds is 5. The molecule has 1 aliphatic rings. The highest BCUT2D eigenvalue weighted by molar-refractivity contribution is 5.40. The summed E-state index contributed by atoms with van der Waals surface area (Å²) in [5.41, 5.74) is 2.88. The van der Waals surface area contributed by atoms with Crippen molar-refractivity contribution in [2.24, 2.45) is 0 Å². The highest BCUT2D eigenvalue weighted by atomic mass is 16.5. The molecule has 106 valence electrons. The number of hydrogen-bond acceptors (Lipinski definition) is 2. The Kier molecular flexibility index (Phi) is 4.19. The molecule has 1 unspecified atom stereocenters. The van der Waals surface area contributed by atoms with Crippen molar-refractivity contribution >= 4 is 0 Å². The highest BCUT2D eigenvalue weighted by Crippen LogP contribution is 2.29. The summed E-state index contributed by atoms with van der Waals surface area (Å²) in [4.78, 5) is 0. The molecule has 0 spiro atoms. The van der Waals surface area contributed by atoms with E-state index in [1.807, 2.05) is 0 Å². The molecule has 2 heteroatoms. The Bertz CT molecular complexity index is 429. The van der Waals surface area contributed by atoms with Crippen LogP contribution in [0, 0.1) is 0 Å². The third-order valence-electron chi connectivity index (χ3n) is 3.77. The van der Waals surface area contributed by atoms with E-state index in [4.69, 9.17) is 4.74 Å². The molecule has 0 amide bonds. The largest absolute Gasteiger partial charge is 0.496 e. The van der Waals surface area contributed by atoms with Crippen LogP contribution in [0.2, 0.25) is 0 Å². The molecule has 0 aliphatic heterocycles. The first kappa shape index (κ1) is 14.4. The van der Waals surface area contributed by atoms with Gasteiger partial charge in [0.2, 0.25) is 0 Å². The van der Waals surface area contributed by atoms with Crippen molar-refractivity contribution in [3.63, 3.8) is 0 Å². The fourth-order valence-corrected chi connectivity index (χ4v) is 2.45. The summed E-state index contributed by atoms with van der Waals surface area (Å²) in [5.74, 6) is 1.01. The van der Waals surface area contributed by atoms with Crippen LogP contribution >= 0.6 is 0 Å². The Hall–Kier alpha value is -1.02. The quantitative estimate of drug-likeness (QED) is 0.873. The zero-order valence-electron chi connectivity index (χ0n) is 12.9. The van der Waals surface area contributed by atoms with Crippen LogP contribution in [0.25, 0.3) is 0 Å². The fraction of sp³-hybridized carbons (Fsp3) is 0.647. The summed E-state index contributed by atoms with van der Waals surface area (Å²) in [5, 5.41) is 3.66. The van der Waals surface area contributed by atoms with Gasteiger partial charge in [0, 0.05) is 12.1 Å². The molecule has 1 aromatic rings. The summed E-state index contributed by atoms with van der Waals surface area (Å²) < 4.78 is 5.51. The van der Waals surface area contributed by atoms with E-state index in [2.05, 4.69) is 51.2 Å². The summed E-state index contributed by atoms with van der Waals surface area (Å²) in [6, 6.07) is 7.87. The molecule has 1 aliphatic carbocycles. The van der Waals surface area contributed by atoms with Crippen LogP contribution in [0.1, 0.15) is 51.7 Å². The lowest BCUT2D eigenvalue weighted by atomic mass is 9.85. The molecule has 0 saturated heterocycles. The van der Waals surface area contributed by atoms with Crippen molar-refractivity contribution in [1.82, 2.24) is 5.32 Å². The number of ether oxygens (including phenoxy) is 1. The van der Waals surface area contributed by atoms with Gasteiger partial charge in [0.15, 0.2) is 0 Å². The first-order valence-electron chi connectivity index (χ1n) is 7.33. The molecule has 0 bridgehead atoms. The highest BCUT2D eigenvalue weighted by Gasteiger charge is 2.23. The van der Waals surface area contributed by atoms with Crippen LogP contribution < -0.4 is 10.1 Å². The van der Waals surface area contributed by atoms with Gasteiger partial charge in [0.25, 0.3) is 0 Å².